The molecule has 54 valence electrons. The van der Waals surface area contributed by atoms with E-state index in [2.05, 4.69) is 18.6 Å². The van der Waals surface area contributed by atoms with Gasteiger partial charge in [0.15, 0.2) is 0 Å². The first-order chi connectivity index (χ1) is 4.77. The number of hydrogen-bond donors (Lipinski definition) is 0. The van der Waals surface area contributed by atoms with Crippen LogP contribution in [0.15, 0.2) is 12.6 Å². The van der Waals surface area contributed by atoms with Gasteiger partial charge in [0.25, 0.3) is 0 Å². The third kappa shape index (κ3) is 1.10. The van der Waals surface area contributed by atoms with Crippen molar-refractivity contribution in [2.75, 3.05) is 0 Å². The lowest BCUT2D eigenvalue weighted by Gasteiger charge is -1.89. The molecule has 10 heavy (non-hydrogen) atoms. The van der Waals surface area contributed by atoms with E-state index in [1.165, 1.54) is 0 Å². The van der Waals surface area contributed by atoms with Crippen LogP contribution in [-0.4, -0.2) is 9.78 Å². The molecule has 0 unspecified atom stereocenters. The average Bonchev–Trinajstić information content (AvgIpc) is 2.30. The summed E-state index contributed by atoms with van der Waals surface area (Å²) < 4.78 is 1.84. The third-order valence-electron chi connectivity index (χ3n) is 1.54. The molecule has 0 aliphatic carbocycles. The Kier molecular flexibility index (Phi) is 1.90. The van der Waals surface area contributed by atoms with Crippen LogP contribution in [0.1, 0.15) is 18.3 Å². The number of hydrogen-bond acceptors (Lipinski definition) is 1. The van der Waals surface area contributed by atoms with Gasteiger partial charge in [0.1, 0.15) is 0 Å². The predicted octanol–water partition coefficient (Wildman–Crippen LogP) is 1.63. The summed E-state index contributed by atoms with van der Waals surface area (Å²) in [6.07, 6.45) is 2.80. The van der Waals surface area contributed by atoms with Crippen LogP contribution in [0.5, 0.6) is 0 Å². The standard InChI is InChI=1S/C8H12N2/c1-4-7-6-8(5-2)10(3)9-7/h5-6H,2,4H2,1,3H3. The highest BCUT2D eigenvalue weighted by Crippen LogP contribution is 2.03. The zero-order valence-electron chi connectivity index (χ0n) is 6.46. The van der Waals surface area contributed by atoms with Crippen molar-refractivity contribution in [2.24, 2.45) is 7.05 Å². The van der Waals surface area contributed by atoms with Crippen LogP contribution in [-0.2, 0) is 13.5 Å². The van der Waals surface area contributed by atoms with Gasteiger partial charge in [0.2, 0.25) is 0 Å². The van der Waals surface area contributed by atoms with Crippen molar-refractivity contribution < 1.29 is 0 Å². The van der Waals surface area contributed by atoms with E-state index in [-0.39, 0.29) is 0 Å². The monoisotopic (exact) mass is 136 g/mol. The summed E-state index contributed by atoms with van der Waals surface area (Å²) in [6, 6.07) is 2.05. The Morgan fingerprint density at radius 3 is 2.80 bits per heavy atom. The predicted molar refractivity (Wildman–Crippen MR) is 42.7 cm³/mol. The first-order valence-electron chi connectivity index (χ1n) is 3.43. The Morgan fingerprint density at radius 2 is 2.50 bits per heavy atom. The van der Waals surface area contributed by atoms with E-state index in [9.17, 15) is 0 Å². The molecule has 1 rings (SSSR count). The second-order valence-electron chi connectivity index (χ2n) is 2.24. The minimum Gasteiger partial charge on any atom is -0.268 e. The molecule has 0 fully saturated rings. The van der Waals surface area contributed by atoms with Crippen LogP contribution in [0.25, 0.3) is 6.08 Å². The Bertz CT molecular complexity index is 235. The Labute approximate surface area is 61.2 Å². The molecule has 2 heteroatoms. The smallest absolute Gasteiger partial charge is 0.0628 e. The number of aryl methyl sites for hydroxylation is 2. The highest BCUT2D eigenvalue weighted by molar-refractivity contribution is 5.42. The molecule has 0 saturated heterocycles. The van der Waals surface area contributed by atoms with Crippen molar-refractivity contribution in [3.63, 3.8) is 0 Å². The molecule has 0 spiro atoms. The average molecular weight is 136 g/mol. The fraction of sp³-hybridized carbons (Fsp3) is 0.375. The van der Waals surface area contributed by atoms with Crippen LogP contribution in [0.3, 0.4) is 0 Å². The molecule has 0 atom stereocenters. The van der Waals surface area contributed by atoms with E-state index < -0.39 is 0 Å². The van der Waals surface area contributed by atoms with E-state index in [0.29, 0.717) is 0 Å². The van der Waals surface area contributed by atoms with Gasteiger partial charge in [-0.1, -0.05) is 13.5 Å². The van der Waals surface area contributed by atoms with E-state index in [0.717, 1.165) is 17.8 Å². The summed E-state index contributed by atoms with van der Waals surface area (Å²) in [6.45, 7) is 5.77. The lowest BCUT2D eigenvalue weighted by Crippen LogP contribution is -1.92. The maximum absolute atomic E-state index is 4.25. The Morgan fingerprint density at radius 1 is 1.80 bits per heavy atom. The number of aromatic nitrogens is 2. The first-order valence-corrected chi connectivity index (χ1v) is 3.43. The van der Waals surface area contributed by atoms with Gasteiger partial charge in [-0.3, -0.25) is 4.68 Å². The van der Waals surface area contributed by atoms with Gasteiger partial charge in [-0.25, -0.2) is 0 Å². The fourth-order valence-corrected chi connectivity index (χ4v) is 0.907. The topological polar surface area (TPSA) is 17.8 Å². The maximum atomic E-state index is 4.25. The molecule has 1 aromatic rings. The summed E-state index contributed by atoms with van der Waals surface area (Å²) in [5.41, 5.74) is 2.20. The van der Waals surface area contributed by atoms with Crippen LogP contribution in [0.4, 0.5) is 0 Å². The minimum absolute atomic E-state index is 0.988. The van der Waals surface area contributed by atoms with Crippen molar-refractivity contribution >= 4 is 6.08 Å². The first kappa shape index (κ1) is 7.06. The van der Waals surface area contributed by atoms with Gasteiger partial charge in [-0.15, -0.1) is 0 Å². The Balaban J connectivity index is 3.03. The maximum Gasteiger partial charge on any atom is 0.0628 e. The summed E-state index contributed by atoms with van der Waals surface area (Å²) in [7, 11) is 1.93. The normalized spacial score (nSPS) is 9.80. The van der Waals surface area contributed by atoms with Gasteiger partial charge in [-0.05, 0) is 18.6 Å². The summed E-state index contributed by atoms with van der Waals surface area (Å²) in [5.74, 6) is 0. The molecule has 0 aliphatic rings. The molecule has 0 radical (unpaired) electrons. The molecule has 0 aromatic carbocycles. The fourth-order valence-electron chi connectivity index (χ4n) is 0.907. The van der Waals surface area contributed by atoms with Gasteiger partial charge < -0.3 is 0 Å². The van der Waals surface area contributed by atoms with Gasteiger partial charge in [0, 0.05) is 7.05 Å². The molecular formula is C8H12N2. The highest BCUT2D eigenvalue weighted by atomic mass is 15.3. The van der Waals surface area contributed by atoms with Crippen molar-refractivity contribution in [1.82, 2.24) is 9.78 Å². The third-order valence-corrected chi connectivity index (χ3v) is 1.54. The summed E-state index contributed by atoms with van der Waals surface area (Å²) >= 11 is 0. The summed E-state index contributed by atoms with van der Waals surface area (Å²) in [5, 5.41) is 4.25. The molecule has 0 saturated carbocycles. The lowest BCUT2D eigenvalue weighted by molar-refractivity contribution is 0.739. The molecule has 1 aromatic heterocycles. The van der Waals surface area contributed by atoms with Gasteiger partial charge >= 0.3 is 0 Å². The van der Waals surface area contributed by atoms with Crippen molar-refractivity contribution in [3.05, 3.63) is 24.0 Å². The highest BCUT2D eigenvalue weighted by Gasteiger charge is 1.97. The van der Waals surface area contributed by atoms with E-state index in [1.807, 2.05) is 23.9 Å². The van der Waals surface area contributed by atoms with Gasteiger partial charge in [-0.2, -0.15) is 5.10 Å². The van der Waals surface area contributed by atoms with E-state index >= 15 is 0 Å². The number of nitrogens with zero attached hydrogens (tertiary/aromatic N) is 2. The molecule has 1 heterocycles. The Hall–Kier alpha value is -1.05. The molecule has 2 nitrogen and oxygen atoms in total. The zero-order valence-corrected chi connectivity index (χ0v) is 6.46. The largest absolute Gasteiger partial charge is 0.268 e. The van der Waals surface area contributed by atoms with Crippen molar-refractivity contribution in [2.45, 2.75) is 13.3 Å². The van der Waals surface area contributed by atoms with Crippen LogP contribution < -0.4 is 0 Å². The molecule has 0 aliphatic heterocycles. The lowest BCUT2D eigenvalue weighted by atomic mass is 10.3. The van der Waals surface area contributed by atoms with E-state index in [1.54, 1.807) is 0 Å². The molecule has 0 bridgehead atoms. The molecule has 0 amide bonds. The van der Waals surface area contributed by atoms with Crippen LogP contribution in [0, 0.1) is 0 Å². The van der Waals surface area contributed by atoms with Gasteiger partial charge in [0.05, 0.1) is 11.4 Å². The molecular weight excluding hydrogens is 124 g/mol. The second-order valence-corrected chi connectivity index (χ2v) is 2.24. The SMILES string of the molecule is C=Cc1cc(CC)nn1C. The van der Waals surface area contributed by atoms with E-state index in [4.69, 9.17) is 0 Å². The minimum atomic E-state index is 0.988. The van der Waals surface area contributed by atoms with Crippen molar-refractivity contribution in [3.8, 4) is 0 Å². The molecule has 0 N–H and O–H groups in total. The van der Waals surface area contributed by atoms with Crippen molar-refractivity contribution in [1.29, 1.82) is 0 Å². The van der Waals surface area contributed by atoms with Crippen LogP contribution >= 0.6 is 0 Å². The quantitative estimate of drug-likeness (QED) is 0.604. The summed E-state index contributed by atoms with van der Waals surface area (Å²) in [4.78, 5) is 0. The number of rotatable bonds is 2. The second kappa shape index (κ2) is 2.69. The zero-order chi connectivity index (χ0) is 7.56. The van der Waals surface area contributed by atoms with Crippen LogP contribution in [0.2, 0.25) is 0 Å².